The van der Waals surface area contributed by atoms with Gasteiger partial charge < -0.3 is 10.8 Å². The highest BCUT2D eigenvalue weighted by Crippen LogP contribution is 2.19. The lowest BCUT2D eigenvalue weighted by atomic mass is 10.2. The van der Waals surface area contributed by atoms with Crippen LogP contribution in [0.1, 0.15) is 5.56 Å². The number of hydrogen-bond donors (Lipinski definition) is 3. The van der Waals surface area contributed by atoms with Gasteiger partial charge in [-0.3, -0.25) is 0 Å². The third kappa shape index (κ3) is 2.95. The lowest BCUT2D eigenvalue weighted by Crippen LogP contribution is -2.24. The van der Waals surface area contributed by atoms with Gasteiger partial charge in [-0.15, -0.1) is 0 Å². The number of phenolic OH excluding ortho intramolecular Hbond substituents is 1. The highest BCUT2D eigenvalue weighted by molar-refractivity contribution is 6.30. The van der Waals surface area contributed by atoms with Gasteiger partial charge >= 0.3 is 6.03 Å². The van der Waals surface area contributed by atoms with Crippen molar-refractivity contribution in [3.63, 3.8) is 0 Å². The number of benzene rings is 1. The number of nitrogens with zero attached hydrogens (tertiary/aromatic N) is 1. The van der Waals surface area contributed by atoms with Crippen LogP contribution in [0.15, 0.2) is 23.3 Å². The number of hydrazone groups is 1. The first-order valence-electron chi connectivity index (χ1n) is 3.66. The highest BCUT2D eigenvalue weighted by atomic mass is 35.5. The van der Waals surface area contributed by atoms with E-state index in [0.29, 0.717) is 10.6 Å². The van der Waals surface area contributed by atoms with Crippen LogP contribution in [-0.4, -0.2) is 17.4 Å². The van der Waals surface area contributed by atoms with Crippen LogP contribution in [0.2, 0.25) is 5.02 Å². The number of aromatic hydroxyl groups is 1. The highest BCUT2D eigenvalue weighted by Gasteiger charge is 1.98. The van der Waals surface area contributed by atoms with E-state index in [0.717, 1.165) is 0 Å². The minimum absolute atomic E-state index is 0.0180. The van der Waals surface area contributed by atoms with Gasteiger partial charge in [0.25, 0.3) is 0 Å². The van der Waals surface area contributed by atoms with Gasteiger partial charge in [0.05, 0.1) is 6.21 Å². The molecule has 0 unspecified atom stereocenters. The fraction of sp³-hybridized carbons (Fsp3) is 0. The number of carbonyl (C=O) groups is 1. The number of rotatable bonds is 2. The molecule has 0 spiro atoms. The van der Waals surface area contributed by atoms with E-state index in [2.05, 4.69) is 5.10 Å². The molecular formula is C8H8ClN3O2. The van der Waals surface area contributed by atoms with Crippen LogP contribution in [0.5, 0.6) is 5.75 Å². The van der Waals surface area contributed by atoms with Gasteiger partial charge in [-0.2, -0.15) is 5.10 Å². The van der Waals surface area contributed by atoms with Crippen LogP contribution in [-0.2, 0) is 0 Å². The van der Waals surface area contributed by atoms with Crippen molar-refractivity contribution in [1.29, 1.82) is 0 Å². The largest absolute Gasteiger partial charge is 0.507 e. The molecule has 0 bridgehead atoms. The van der Waals surface area contributed by atoms with E-state index in [1.54, 1.807) is 0 Å². The van der Waals surface area contributed by atoms with Crippen LogP contribution < -0.4 is 11.2 Å². The fourth-order valence-corrected chi connectivity index (χ4v) is 0.975. The van der Waals surface area contributed by atoms with Crippen molar-refractivity contribution in [2.24, 2.45) is 10.8 Å². The first-order chi connectivity index (χ1) is 6.59. The Morgan fingerprint density at radius 1 is 1.64 bits per heavy atom. The molecule has 4 N–H and O–H groups in total. The minimum Gasteiger partial charge on any atom is -0.507 e. The Morgan fingerprint density at radius 3 is 3.00 bits per heavy atom. The van der Waals surface area contributed by atoms with Crippen molar-refractivity contribution in [1.82, 2.24) is 5.43 Å². The molecule has 1 aromatic carbocycles. The van der Waals surface area contributed by atoms with Crippen LogP contribution in [0.25, 0.3) is 0 Å². The molecule has 0 saturated heterocycles. The van der Waals surface area contributed by atoms with E-state index in [4.69, 9.17) is 17.3 Å². The summed E-state index contributed by atoms with van der Waals surface area (Å²) in [6, 6.07) is 3.69. The van der Waals surface area contributed by atoms with E-state index in [-0.39, 0.29) is 5.75 Å². The second-order valence-corrected chi connectivity index (χ2v) is 2.87. The third-order valence-corrected chi connectivity index (χ3v) is 1.60. The van der Waals surface area contributed by atoms with Crippen LogP contribution in [0.4, 0.5) is 4.79 Å². The summed E-state index contributed by atoms with van der Waals surface area (Å²) in [5.74, 6) is 0.0180. The molecule has 0 radical (unpaired) electrons. The number of halogens is 1. The SMILES string of the molecule is NC(=O)NN=Cc1cc(Cl)ccc1O. The Labute approximate surface area is 85.2 Å². The molecule has 0 aromatic heterocycles. The molecule has 0 aliphatic heterocycles. The summed E-state index contributed by atoms with van der Waals surface area (Å²) < 4.78 is 0. The topological polar surface area (TPSA) is 87.7 Å². The normalized spacial score (nSPS) is 10.4. The summed E-state index contributed by atoms with van der Waals surface area (Å²) in [6.45, 7) is 0. The average molecular weight is 214 g/mol. The molecule has 0 fully saturated rings. The molecule has 0 aliphatic rings. The summed E-state index contributed by atoms with van der Waals surface area (Å²) in [4.78, 5) is 10.3. The van der Waals surface area contributed by atoms with Crippen molar-refractivity contribution in [3.05, 3.63) is 28.8 Å². The van der Waals surface area contributed by atoms with Crippen molar-refractivity contribution < 1.29 is 9.90 Å². The number of nitrogens with one attached hydrogen (secondary N) is 1. The summed E-state index contributed by atoms with van der Waals surface area (Å²) in [6.07, 6.45) is 1.24. The minimum atomic E-state index is -0.775. The molecule has 0 heterocycles. The Hall–Kier alpha value is -1.75. The lowest BCUT2D eigenvalue weighted by Gasteiger charge is -1.98. The monoisotopic (exact) mass is 213 g/mol. The van der Waals surface area contributed by atoms with Crippen LogP contribution in [0.3, 0.4) is 0 Å². The van der Waals surface area contributed by atoms with E-state index >= 15 is 0 Å². The average Bonchev–Trinajstić information content (AvgIpc) is 2.10. The molecule has 1 rings (SSSR count). The molecule has 14 heavy (non-hydrogen) atoms. The van der Waals surface area contributed by atoms with Gasteiger partial charge in [0.1, 0.15) is 5.75 Å². The molecule has 0 aliphatic carbocycles. The summed E-state index contributed by atoms with van der Waals surface area (Å²) in [5, 5.41) is 13.2. The Kier molecular flexibility index (Phi) is 3.30. The maximum atomic E-state index is 10.3. The summed E-state index contributed by atoms with van der Waals surface area (Å²) in [7, 11) is 0. The zero-order valence-electron chi connectivity index (χ0n) is 7.07. The zero-order valence-corrected chi connectivity index (χ0v) is 7.82. The van der Waals surface area contributed by atoms with Gasteiger partial charge in [0, 0.05) is 10.6 Å². The Bertz CT molecular complexity index is 379. The van der Waals surface area contributed by atoms with Gasteiger partial charge in [-0.05, 0) is 18.2 Å². The molecular weight excluding hydrogens is 206 g/mol. The van der Waals surface area contributed by atoms with Crippen LogP contribution >= 0.6 is 11.6 Å². The maximum absolute atomic E-state index is 10.3. The van der Waals surface area contributed by atoms with Crippen molar-refractivity contribution in [3.8, 4) is 5.75 Å². The number of amides is 2. The molecule has 5 nitrogen and oxygen atoms in total. The van der Waals surface area contributed by atoms with E-state index in [1.165, 1.54) is 24.4 Å². The molecule has 0 saturated carbocycles. The molecule has 74 valence electrons. The lowest BCUT2D eigenvalue weighted by molar-refractivity contribution is 0.249. The molecule has 2 amide bonds. The summed E-state index contributed by atoms with van der Waals surface area (Å²) >= 11 is 5.67. The second kappa shape index (κ2) is 4.48. The maximum Gasteiger partial charge on any atom is 0.332 e. The first kappa shape index (κ1) is 10.3. The predicted octanol–water partition coefficient (Wildman–Crippen LogP) is 1.05. The van der Waals surface area contributed by atoms with E-state index in [9.17, 15) is 9.90 Å². The number of nitrogens with two attached hydrogens (primary N) is 1. The van der Waals surface area contributed by atoms with Crippen molar-refractivity contribution >= 4 is 23.8 Å². The number of carbonyl (C=O) groups excluding carboxylic acids is 1. The summed E-state index contributed by atoms with van der Waals surface area (Å²) in [5.41, 5.74) is 7.16. The Morgan fingerprint density at radius 2 is 2.36 bits per heavy atom. The quantitative estimate of drug-likeness (QED) is 0.507. The molecule has 0 atom stereocenters. The van der Waals surface area contributed by atoms with Gasteiger partial charge in [0.15, 0.2) is 0 Å². The van der Waals surface area contributed by atoms with Crippen molar-refractivity contribution in [2.75, 3.05) is 0 Å². The fourth-order valence-electron chi connectivity index (χ4n) is 0.794. The smallest absolute Gasteiger partial charge is 0.332 e. The number of urea groups is 1. The van der Waals surface area contributed by atoms with Gasteiger partial charge in [0.2, 0.25) is 0 Å². The number of primary amides is 1. The number of hydrogen-bond acceptors (Lipinski definition) is 3. The molecule has 6 heteroatoms. The predicted molar refractivity (Wildman–Crippen MR) is 53.4 cm³/mol. The molecule has 1 aromatic rings. The van der Waals surface area contributed by atoms with Crippen molar-refractivity contribution in [2.45, 2.75) is 0 Å². The van der Waals surface area contributed by atoms with E-state index < -0.39 is 6.03 Å². The third-order valence-electron chi connectivity index (χ3n) is 1.37. The van der Waals surface area contributed by atoms with Crippen LogP contribution in [0, 0.1) is 0 Å². The van der Waals surface area contributed by atoms with E-state index in [1.807, 2.05) is 5.43 Å². The first-order valence-corrected chi connectivity index (χ1v) is 4.04. The Balaban J connectivity index is 2.80. The second-order valence-electron chi connectivity index (χ2n) is 2.44. The zero-order chi connectivity index (χ0) is 10.6. The van der Waals surface area contributed by atoms with Gasteiger partial charge in [-0.1, -0.05) is 11.6 Å². The standard InChI is InChI=1S/C8H8ClN3O2/c9-6-1-2-7(13)5(3-6)4-11-12-8(10)14/h1-4,13H,(H3,10,12,14). The van der Waals surface area contributed by atoms with Gasteiger partial charge in [-0.25, -0.2) is 10.2 Å². The number of phenols is 1.